The molecular formula is C11H13ClN2O2S. The molecule has 0 spiro atoms. The quantitative estimate of drug-likeness (QED) is 0.785. The fourth-order valence-electron chi connectivity index (χ4n) is 1.40. The Hall–Kier alpha value is -1.12. The predicted molar refractivity (Wildman–Crippen MR) is 65.6 cm³/mol. The summed E-state index contributed by atoms with van der Waals surface area (Å²) >= 11 is 5.60. The van der Waals surface area contributed by atoms with Gasteiger partial charge >= 0.3 is 0 Å². The highest BCUT2D eigenvalue weighted by Gasteiger charge is 2.23. The molecule has 0 saturated carbocycles. The number of nitriles is 1. The molecule has 4 nitrogen and oxygen atoms in total. The largest absolute Gasteiger partial charge is 0.243 e. The van der Waals surface area contributed by atoms with Crippen LogP contribution >= 0.6 is 11.6 Å². The summed E-state index contributed by atoms with van der Waals surface area (Å²) in [5.74, 6) is -0.00954. The third kappa shape index (κ3) is 3.18. The normalized spacial score (nSPS) is 13.1. The van der Waals surface area contributed by atoms with Crippen molar-refractivity contribution in [3.05, 3.63) is 23.4 Å². The highest BCUT2D eigenvalue weighted by molar-refractivity contribution is 7.91. The van der Waals surface area contributed by atoms with Crippen molar-refractivity contribution in [1.29, 1.82) is 5.26 Å². The summed E-state index contributed by atoms with van der Waals surface area (Å²) in [5, 5.41) is 8.83. The molecule has 0 aliphatic heterocycles. The molecule has 0 radical (unpaired) electrons. The molecule has 0 aromatic carbocycles. The zero-order chi connectivity index (χ0) is 13.1. The van der Waals surface area contributed by atoms with Gasteiger partial charge in [-0.2, -0.15) is 5.26 Å². The Balaban J connectivity index is 3.26. The van der Waals surface area contributed by atoms with Crippen LogP contribution in [-0.2, 0) is 9.84 Å². The first-order chi connectivity index (χ1) is 7.92. The average Bonchev–Trinajstić information content (AvgIpc) is 2.28. The van der Waals surface area contributed by atoms with Gasteiger partial charge in [0.2, 0.25) is 0 Å². The molecule has 0 saturated heterocycles. The fourth-order valence-corrected chi connectivity index (χ4v) is 3.41. The SMILES string of the molecule is Cc1ccnc(S(=O)(=O)CC(C)CCl)c1C#N. The standard InChI is InChI=1S/C11H13ClN2O2S/c1-8(5-12)7-17(15,16)11-10(6-13)9(2)3-4-14-11/h3-4,8H,5,7H2,1-2H3. The molecule has 1 aromatic rings. The molecule has 1 unspecified atom stereocenters. The number of nitrogens with zero attached hydrogens (tertiary/aromatic N) is 2. The first-order valence-corrected chi connectivity index (χ1v) is 7.25. The first-order valence-electron chi connectivity index (χ1n) is 5.06. The second-order valence-corrected chi connectivity index (χ2v) is 6.22. The number of hydrogen-bond acceptors (Lipinski definition) is 4. The van der Waals surface area contributed by atoms with E-state index < -0.39 is 9.84 Å². The number of alkyl halides is 1. The van der Waals surface area contributed by atoms with Crippen LogP contribution in [0, 0.1) is 24.2 Å². The van der Waals surface area contributed by atoms with Crippen molar-refractivity contribution in [2.24, 2.45) is 5.92 Å². The van der Waals surface area contributed by atoms with Crippen LogP contribution in [0.3, 0.4) is 0 Å². The van der Waals surface area contributed by atoms with Gasteiger partial charge in [0, 0.05) is 12.1 Å². The summed E-state index contributed by atoms with van der Waals surface area (Å²) in [6, 6.07) is 3.50. The summed E-state index contributed by atoms with van der Waals surface area (Å²) in [5.41, 5.74) is 0.730. The molecule has 0 bridgehead atoms. The maximum absolute atomic E-state index is 12.1. The van der Waals surface area contributed by atoms with E-state index in [-0.39, 0.29) is 28.1 Å². The van der Waals surface area contributed by atoms with Crippen LogP contribution < -0.4 is 0 Å². The average molecular weight is 273 g/mol. The molecular weight excluding hydrogens is 260 g/mol. The minimum absolute atomic E-state index is 0.0956. The Morgan fingerprint density at radius 1 is 1.59 bits per heavy atom. The van der Waals surface area contributed by atoms with Gasteiger partial charge in [0.1, 0.15) is 6.07 Å². The van der Waals surface area contributed by atoms with E-state index in [4.69, 9.17) is 16.9 Å². The topological polar surface area (TPSA) is 70.8 Å². The van der Waals surface area contributed by atoms with Crippen molar-refractivity contribution in [2.45, 2.75) is 18.9 Å². The summed E-state index contributed by atoms with van der Waals surface area (Å²) < 4.78 is 24.1. The van der Waals surface area contributed by atoms with Gasteiger partial charge in [-0.3, -0.25) is 0 Å². The number of hydrogen-bond donors (Lipinski definition) is 0. The molecule has 1 aromatic heterocycles. The van der Waals surface area contributed by atoms with Crippen molar-refractivity contribution in [3.8, 4) is 6.07 Å². The lowest BCUT2D eigenvalue weighted by Crippen LogP contribution is -2.17. The van der Waals surface area contributed by atoms with Crippen molar-refractivity contribution >= 4 is 21.4 Å². The molecule has 0 aliphatic carbocycles. The van der Waals surface area contributed by atoms with Crippen LogP contribution in [0.4, 0.5) is 0 Å². The van der Waals surface area contributed by atoms with Gasteiger partial charge in [0.05, 0.1) is 11.3 Å². The Kier molecular flexibility index (Phi) is 4.49. The molecule has 6 heteroatoms. The summed E-state index contributed by atoms with van der Waals surface area (Å²) in [6.07, 6.45) is 1.40. The Labute approximate surface area is 106 Å². The molecule has 0 aliphatic rings. The second-order valence-electron chi connectivity index (χ2n) is 3.96. The zero-order valence-corrected chi connectivity index (χ0v) is 11.2. The molecule has 92 valence electrons. The lowest BCUT2D eigenvalue weighted by Gasteiger charge is -2.10. The van der Waals surface area contributed by atoms with E-state index in [1.54, 1.807) is 19.9 Å². The summed E-state index contributed by atoms with van der Waals surface area (Å²) in [4.78, 5) is 3.82. The third-order valence-corrected chi connectivity index (χ3v) is 4.73. The third-order valence-electron chi connectivity index (χ3n) is 2.30. The number of aryl methyl sites for hydroxylation is 1. The Morgan fingerprint density at radius 3 is 2.76 bits per heavy atom. The van der Waals surface area contributed by atoms with E-state index in [0.29, 0.717) is 5.56 Å². The van der Waals surface area contributed by atoms with Crippen molar-refractivity contribution in [2.75, 3.05) is 11.6 Å². The van der Waals surface area contributed by atoms with Gasteiger partial charge in [0.25, 0.3) is 0 Å². The number of rotatable bonds is 4. The lowest BCUT2D eigenvalue weighted by atomic mass is 10.2. The molecule has 0 amide bonds. The van der Waals surface area contributed by atoms with Crippen LogP contribution in [0.5, 0.6) is 0 Å². The fraction of sp³-hybridized carbons (Fsp3) is 0.455. The number of halogens is 1. The zero-order valence-electron chi connectivity index (χ0n) is 9.64. The maximum Gasteiger partial charge on any atom is 0.197 e. The molecule has 0 N–H and O–H groups in total. The van der Waals surface area contributed by atoms with E-state index in [0.717, 1.165) is 0 Å². The van der Waals surface area contributed by atoms with Gasteiger partial charge < -0.3 is 0 Å². The van der Waals surface area contributed by atoms with E-state index >= 15 is 0 Å². The second kappa shape index (κ2) is 5.48. The minimum atomic E-state index is -3.55. The van der Waals surface area contributed by atoms with Gasteiger partial charge in [-0.15, -0.1) is 11.6 Å². The van der Waals surface area contributed by atoms with E-state index in [2.05, 4.69) is 4.98 Å². The van der Waals surface area contributed by atoms with E-state index in [9.17, 15) is 8.42 Å². The monoisotopic (exact) mass is 272 g/mol. The summed E-state index contributed by atoms with van der Waals surface area (Å²) in [7, 11) is -3.55. The van der Waals surface area contributed by atoms with Crippen LogP contribution in [0.25, 0.3) is 0 Å². The predicted octanol–water partition coefficient (Wildman–Crippen LogP) is 1.91. The molecule has 1 atom stereocenters. The van der Waals surface area contributed by atoms with Gasteiger partial charge in [-0.05, 0) is 24.5 Å². The highest BCUT2D eigenvalue weighted by atomic mass is 35.5. The van der Waals surface area contributed by atoms with E-state index in [1.807, 2.05) is 6.07 Å². The van der Waals surface area contributed by atoms with Crippen molar-refractivity contribution < 1.29 is 8.42 Å². The molecule has 1 rings (SSSR count). The van der Waals surface area contributed by atoms with E-state index in [1.165, 1.54) is 6.20 Å². The molecule has 0 fully saturated rings. The minimum Gasteiger partial charge on any atom is -0.243 e. The number of sulfone groups is 1. The summed E-state index contributed by atoms with van der Waals surface area (Å²) in [6.45, 7) is 3.43. The van der Waals surface area contributed by atoms with Crippen LogP contribution in [-0.4, -0.2) is 25.0 Å². The van der Waals surface area contributed by atoms with Crippen LogP contribution in [0.2, 0.25) is 0 Å². The van der Waals surface area contributed by atoms with Gasteiger partial charge in [-0.25, -0.2) is 13.4 Å². The number of pyridine rings is 1. The van der Waals surface area contributed by atoms with Crippen molar-refractivity contribution in [1.82, 2.24) is 4.98 Å². The number of aromatic nitrogens is 1. The molecule has 1 heterocycles. The van der Waals surface area contributed by atoms with Crippen molar-refractivity contribution in [3.63, 3.8) is 0 Å². The van der Waals surface area contributed by atoms with Gasteiger partial charge in [0.15, 0.2) is 14.9 Å². The molecule has 17 heavy (non-hydrogen) atoms. The van der Waals surface area contributed by atoms with Crippen LogP contribution in [0.15, 0.2) is 17.3 Å². The Bertz CT molecular complexity index is 549. The van der Waals surface area contributed by atoms with Gasteiger partial charge in [-0.1, -0.05) is 6.92 Å². The Morgan fingerprint density at radius 2 is 2.24 bits per heavy atom. The highest BCUT2D eigenvalue weighted by Crippen LogP contribution is 2.19. The first kappa shape index (κ1) is 13.9. The van der Waals surface area contributed by atoms with Crippen LogP contribution in [0.1, 0.15) is 18.1 Å². The maximum atomic E-state index is 12.1. The lowest BCUT2D eigenvalue weighted by molar-refractivity contribution is 0.579. The smallest absolute Gasteiger partial charge is 0.197 e.